The third-order valence-corrected chi connectivity index (χ3v) is 3.82. The summed E-state index contributed by atoms with van der Waals surface area (Å²) >= 11 is 0. The highest BCUT2D eigenvalue weighted by atomic mass is 16.5. The van der Waals surface area contributed by atoms with Gasteiger partial charge in [-0.25, -0.2) is 5.48 Å². The number of hydrogen-bond donors (Lipinski definition) is 2. The van der Waals surface area contributed by atoms with Crippen molar-refractivity contribution >= 4 is 17.7 Å². The molecule has 2 N–H and O–H groups in total. The number of hydroxylamine groups is 1. The molecule has 116 valence electrons. The molecule has 0 saturated carbocycles. The van der Waals surface area contributed by atoms with Gasteiger partial charge in [-0.15, -0.1) is 0 Å². The summed E-state index contributed by atoms with van der Waals surface area (Å²) in [5, 5.41) is 8.98. The first kappa shape index (κ1) is 14.9. The number of fused-ring (bicyclic) bond motifs is 1. The highest BCUT2D eigenvalue weighted by Crippen LogP contribution is 2.25. The zero-order valence-corrected chi connectivity index (χ0v) is 12.1. The number of amides is 3. The predicted molar refractivity (Wildman–Crippen MR) is 80.8 cm³/mol. The van der Waals surface area contributed by atoms with E-state index in [1.807, 2.05) is 6.07 Å². The van der Waals surface area contributed by atoms with Crippen molar-refractivity contribution in [2.75, 3.05) is 0 Å². The molecule has 6 heteroatoms. The Balaban J connectivity index is 1.97. The van der Waals surface area contributed by atoms with Crippen LogP contribution in [0.15, 0.2) is 54.6 Å². The first-order chi connectivity index (χ1) is 11.1. The molecule has 3 amide bonds. The van der Waals surface area contributed by atoms with Crippen molar-refractivity contribution in [3.63, 3.8) is 0 Å². The smallest absolute Gasteiger partial charge is 0.266 e. The Bertz CT molecular complexity index is 738. The molecule has 2 aromatic rings. The van der Waals surface area contributed by atoms with Crippen LogP contribution in [0.2, 0.25) is 0 Å². The van der Waals surface area contributed by atoms with Crippen molar-refractivity contribution in [2.24, 2.45) is 0 Å². The minimum atomic E-state index is -1.12. The van der Waals surface area contributed by atoms with Gasteiger partial charge < -0.3 is 0 Å². The Hall–Kier alpha value is -2.99. The van der Waals surface area contributed by atoms with Crippen LogP contribution in [0.25, 0.3) is 0 Å². The topological polar surface area (TPSA) is 86.7 Å². The zero-order chi connectivity index (χ0) is 16.4. The van der Waals surface area contributed by atoms with Crippen LogP contribution in [-0.4, -0.2) is 33.9 Å². The normalized spacial score (nSPS) is 14.6. The fourth-order valence-electron chi connectivity index (χ4n) is 2.70. The van der Waals surface area contributed by atoms with Gasteiger partial charge in [0.2, 0.25) is 0 Å². The summed E-state index contributed by atoms with van der Waals surface area (Å²) in [6, 6.07) is 14.3. The maximum absolute atomic E-state index is 12.5. The van der Waals surface area contributed by atoms with Crippen LogP contribution in [0.5, 0.6) is 0 Å². The molecule has 3 rings (SSSR count). The third kappa shape index (κ3) is 2.60. The van der Waals surface area contributed by atoms with Crippen LogP contribution >= 0.6 is 0 Å². The van der Waals surface area contributed by atoms with E-state index in [1.165, 1.54) is 0 Å². The molecule has 1 aliphatic rings. The van der Waals surface area contributed by atoms with Crippen LogP contribution in [0.1, 0.15) is 26.3 Å². The molecule has 0 unspecified atom stereocenters. The molecule has 1 atom stereocenters. The molecule has 1 aliphatic heterocycles. The highest BCUT2D eigenvalue weighted by Gasteiger charge is 2.42. The largest absolute Gasteiger partial charge is 0.289 e. The Morgan fingerprint density at radius 2 is 1.48 bits per heavy atom. The van der Waals surface area contributed by atoms with Crippen LogP contribution < -0.4 is 5.48 Å². The summed E-state index contributed by atoms with van der Waals surface area (Å²) in [5.41, 5.74) is 2.85. The number of nitrogens with one attached hydrogen (secondary N) is 1. The average Bonchev–Trinajstić information content (AvgIpc) is 2.85. The van der Waals surface area contributed by atoms with E-state index in [9.17, 15) is 14.4 Å². The van der Waals surface area contributed by atoms with Gasteiger partial charge in [0.15, 0.2) is 0 Å². The number of rotatable bonds is 4. The van der Waals surface area contributed by atoms with E-state index in [0.29, 0.717) is 0 Å². The molecule has 0 aromatic heterocycles. The lowest BCUT2D eigenvalue weighted by Crippen LogP contribution is -2.50. The lowest BCUT2D eigenvalue weighted by molar-refractivity contribution is -0.133. The van der Waals surface area contributed by atoms with Crippen molar-refractivity contribution in [3.8, 4) is 0 Å². The number of carbonyl (C=O) groups excluding carboxylic acids is 3. The molecular weight excluding hydrogens is 296 g/mol. The second kappa shape index (κ2) is 6.02. The monoisotopic (exact) mass is 310 g/mol. The van der Waals surface area contributed by atoms with E-state index in [0.717, 1.165) is 10.5 Å². The first-order valence-corrected chi connectivity index (χ1v) is 7.08. The standard InChI is InChI=1S/C17H14N2O4/c20-15(18-23)14(10-11-6-2-1-3-7-11)19-16(21)12-8-4-5-9-13(12)17(19)22/h1-9,14,23H,10H2,(H,18,20)/t14-/m1/s1. The first-order valence-electron chi connectivity index (χ1n) is 7.08. The molecule has 0 saturated heterocycles. The van der Waals surface area contributed by atoms with Crippen LogP contribution in [0.3, 0.4) is 0 Å². The molecule has 0 bridgehead atoms. The summed E-state index contributed by atoms with van der Waals surface area (Å²) in [6.07, 6.45) is 0.124. The summed E-state index contributed by atoms with van der Waals surface area (Å²) in [5.74, 6) is -1.87. The quantitative estimate of drug-likeness (QED) is 0.508. The van der Waals surface area contributed by atoms with E-state index < -0.39 is 23.8 Å². The van der Waals surface area contributed by atoms with Crippen molar-refractivity contribution < 1.29 is 19.6 Å². The van der Waals surface area contributed by atoms with Gasteiger partial charge in [-0.1, -0.05) is 42.5 Å². The van der Waals surface area contributed by atoms with Gasteiger partial charge in [-0.3, -0.25) is 24.5 Å². The van der Waals surface area contributed by atoms with Gasteiger partial charge in [-0.2, -0.15) is 0 Å². The number of carbonyl (C=O) groups is 3. The van der Waals surface area contributed by atoms with Gasteiger partial charge in [-0.05, 0) is 17.7 Å². The molecule has 0 aliphatic carbocycles. The Morgan fingerprint density at radius 3 is 2.00 bits per heavy atom. The van der Waals surface area contributed by atoms with E-state index in [4.69, 9.17) is 5.21 Å². The van der Waals surface area contributed by atoms with Crippen LogP contribution in [-0.2, 0) is 11.2 Å². The SMILES string of the molecule is O=C(NO)[C@@H](Cc1ccccc1)N1C(=O)c2ccccc2C1=O. The number of imide groups is 1. The Labute approximate surface area is 132 Å². The fraction of sp³-hybridized carbons (Fsp3) is 0.118. The zero-order valence-electron chi connectivity index (χ0n) is 12.1. The fourth-order valence-corrected chi connectivity index (χ4v) is 2.70. The van der Waals surface area contributed by atoms with Gasteiger partial charge in [0.25, 0.3) is 17.7 Å². The van der Waals surface area contributed by atoms with Crippen LogP contribution in [0, 0.1) is 0 Å². The average molecular weight is 310 g/mol. The van der Waals surface area contributed by atoms with Gasteiger partial charge in [0.1, 0.15) is 6.04 Å². The van der Waals surface area contributed by atoms with Crippen molar-refractivity contribution in [1.82, 2.24) is 10.4 Å². The van der Waals surface area contributed by atoms with Gasteiger partial charge in [0, 0.05) is 6.42 Å². The third-order valence-electron chi connectivity index (χ3n) is 3.82. The summed E-state index contributed by atoms with van der Waals surface area (Å²) in [4.78, 5) is 37.9. The number of nitrogens with zero attached hydrogens (tertiary/aromatic N) is 1. The minimum Gasteiger partial charge on any atom is -0.289 e. The second-order valence-corrected chi connectivity index (χ2v) is 5.21. The minimum absolute atomic E-state index is 0.124. The van der Waals surface area contributed by atoms with Crippen molar-refractivity contribution in [2.45, 2.75) is 12.5 Å². The molecular formula is C17H14N2O4. The van der Waals surface area contributed by atoms with Crippen molar-refractivity contribution in [3.05, 3.63) is 71.3 Å². The summed E-state index contributed by atoms with van der Waals surface area (Å²) in [6.45, 7) is 0. The Kier molecular flexibility index (Phi) is 3.91. The van der Waals surface area contributed by atoms with Crippen LogP contribution in [0.4, 0.5) is 0 Å². The number of benzene rings is 2. The van der Waals surface area contributed by atoms with Gasteiger partial charge in [0.05, 0.1) is 11.1 Å². The molecule has 2 aromatic carbocycles. The van der Waals surface area contributed by atoms with E-state index in [1.54, 1.807) is 54.0 Å². The summed E-state index contributed by atoms with van der Waals surface area (Å²) in [7, 11) is 0. The maximum Gasteiger partial charge on any atom is 0.266 e. The molecule has 0 fully saturated rings. The lowest BCUT2D eigenvalue weighted by Gasteiger charge is -2.24. The van der Waals surface area contributed by atoms with Gasteiger partial charge >= 0.3 is 0 Å². The molecule has 0 spiro atoms. The van der Waals surface area contributed by atoms with E-state index in [-0.39, 0.29) is 17.5 Å². The molecule has 23 heavy (non-hydrogen) atoms. The molecule has 0 radical (unpaired) electrons. The lowest BCUT2D eigenvalue weighted by atomic mass is 10.0. The van der Waals surface area contributed by atoms with E-state index >= 15 is 0 Å². The second-order valence-electron chi connectivity index (χ2n) is 5.21. The van der Waals surface area contributed by atoms with Crippen molar-refractivity contribution in [1.29, 1.82) is 0 Å². The predicted octanol–water partition coefficient (Wildman–Crippen LogP) is 1.40. The highest BCUT2D eigenvalue weighted by molar-refractivity contribution is 6.22. The maximum atomic E-state index is 12.5. The Morgan fingerprint density at radius 1 is 0.957 bits per heavy atom. The number of hydrogen-bond acceptors (Lipinski definition) is 4. The molecule has 1 heterocycles. The molecule has 6 nitrogen and oxygen atoms in total. The van der Waals surface area contributed by atoms with E-state index in [2.05, 4.69) is 0 Å². The summed E-state index contributed by atoms with van der Waals surface area (Å²) < 4.78 is 0.